The van der Waals surface area contributed by atoms with Crippen LogP contribution in [-0.4, -0.2) is 53.0 Å². The molecule has 4 heterocycles. The second-order valence-electron chi connectivity index (χ2n) is 14.3. The van der Waals surface area contributed by atoms with Crippen LogP contribution in [0.15, 0.2) is 103 Å². The summed E-state index contributed by atoms with van der Waals surface area (Å²) in [5, 5.41) is 17.6. The lowest BCUT2D eigenvalue weighted by molar-refractivity contribution is -0.146. The number of aliphatic hydroxyl groups excluding tert-OH is 1. The number of fused-ring (bicyclic) bond motifs is 4. The molecule has 1 fully saturated rings. The molecule has 1 N–H and O–H groups in total. The number of hydrogen-bond donors (Lipinski definition) is 1. The van der Waals surface area contributed by atoms with Gasteiger partial charge in [0.2, 0.25) is 8.41 Å². The zero-order valence-electron chi connectivity index (χ0n) is 29.3. The monoisotopic (exact) mass is 717 g/mol. The van der Waals surface area contributed by atoms with E-state index >= 15 is 4.11 Å². The van der Waals surface area contributed by atoms with Gasteiger partial charge in [0.1, 0.15) is 5.75 Å². The third-order valence-electron chi connectivity index (χ3n) is 10.6. The number of benzene rings is 4. The van der Waals surface area contributed by atoms with Gasteiger partial charge >= 0.3 is 0 Å². The number of para-hydroxylation sites is 4. The topological polar surface area (TPSA) is 110 Å². The molecule has 52 heavy (non-hydrogen) atoms. The summed E-state index contributed by atoms with van der Waals surface area (Å²) in [4.78, 5) is 32.4. The summed E-state index contributed by atoms with van der Waals surface area (Å²) in [6.07, 6.45) is 2.12. The molecule has 1 spiro atoms. The van der Waals surface area contributed by atoms with E-state index in [1.165, 1.54) is 0 Å². The van der Waals surface area contributed by atoms with Gasteiger partial charge in [-0.05, 0) is 67.5 Å². The Morgan fingerprint density at radius 2 is 1.65 bits per heavy atom. The minimum Gasteiger partial charge on any atom is -0.454 e. The molecule has 0 radical (unpaired) electrons. The lowest BCUT2D eigenvalue weighted by Gasteiger charge is -2.31. The molecule has 4 atom stereocenters. The van der Waals surface area contributed by atoms with Crippen molar-refractivity contribution < 1.29 is 28.3 Å². The van der Waals surface area contributed by atoms with Gasteiger partial charge in [-0.3, -0.25) is 19.2 Å². The summed E-state index contributed by atoms with van der Waals surface area (Å²) in [6.45, 7) is 5.97. The molecule has 3 aliphatic heterocycles. The van der Waals surface area contributed by atoms with E-state index in [2.05, 4.69) is 10.3 Å². The maximum atomic E-state index is 16.3. The van der Waals surface area contributed by atoms with Crippen molar-refractivity contribution in [1.29, 1.82) is 0 Å². The summed E-state index contributed by atoms with van der Waals surface area (Å²) in [7, 11) is -3.35. The van der Waals surface area contributed by atoms with Crippen molar-refractivity contribution in [3.63, 3.8) is 0 Å². The number of aromatic nitrogens is 3. The fraction of sp³-hybridized carbons (Fsp3) is 0.300. The van der Waals surface area contributed by atoms with Gasteiger partial charge in [0, 0.05) is 48.5 Å². The molecule has 10 nitrogen and oxygen atoms in total. The highest BCUT2D eigenvalue weighted by molar-refractivity contribution is 6.72. The van der Waals surface area contributed by atoms with Crippen LogP contribution in [0.25, 0.3) is 0 Å². The fourth-order valence-corrected chi connectivity index (χ4v) is 10.9. The molecule has 8 rings (SSSR count). The molecule has 0 aliphatic carbocycles. The van der Waals surface area contributed by atoms with E-state index in [1.54, 1.807) is 45.9 Å². The molecule has 1 saturated heterocycles. The van der Waals surface area contributed by atoms with E-state index in [1.807, 2.05) is 91.9 Å². The molecule has 5 aromatic rings. The minimum absolute atomic E-state index is 0.0235. The number of nitrogens with zero attached hydrogens (tertiary/aromatic N) is 5. The number of aliphatic hydroxyl groups is 1. The second kappa shape index (κ2) is 13.1. The zero-order chi connectivity index (χ0) is 36.2. The first-order valence-electron chi connectivity index (χ1n) is 17.7. The third-order valence-corrected chi connectivity index (χ3v) is 13.1. The summed E-state index contributed by atoms with van der Waals surface area (Å²) >= 11 is 0. The first kappa shape index (κ1) is 33.9. The molecule has 4 aromatic carbocycles. The predicted octanol–water partition coefficient (Wildman–Crippen LogP) is 7.31. The Kier molecular flexibility index (Phi) is 8.55. The summed E-state index contributed by atoms with van der Waals surface area (Å²) in [5.74, 6) is 0.167. The number of ether oxygens (including phenoxy) is 2. The highest BCUT2D eigenvalue weighted by atomic mass is 28.4. The van der Waals surface area contributed by atoms with E-state index in [0.29, 0.717) is 53.5 Å². The number of carbonyl (C=O) groups excluding carboxylic acids is 2. The normalized spacial score (nSPS) is 22.3. The molecule has 2 amide bonds. The van der Waals surface area contributed by atoms with Crippen molar-refractivity contribution in [2.75, 3.05) is 16.4 Å². The summed E-state index contributed by atoms with van der Waals surface area (Å²) in [6, 6.07) is 29.9. The van der Waals surface area contributed by atoms with Crippen molar-refractivity contribution in [2.24, 2.45) is 5.92 Å². The van der Waals surface area contributed by atoms with Gasteiger partial charge in [-0.1, -0.05) is 66.7 Å². The predicted molar refractivity (Wildman–Crippen MR) is 197 cm³/mol. The van der Waals surface area contributed by atoms with Crippen LogP contribution in [0.2, 0.25) is 18.6 Å². The third kappa shape index (κ3) is 5.62. The van der Waals surface area contributed by atoms with E-state index in [9.17, 15) is 14.7 Å². The largest absolute Gasteiger partial charge is 0.454 e. The highest BCUT2D eigenvalue weighted by Gasteiger charge is 2.66. The quantitative estimate of drug-likeness (QED) is 0.126. The standard InChI is InChI=1S/C40H40FN5O5Si/c1-26-37(52(2,3)41)36(19-21-44-25-28(20-22-47)42-43-44)51-40(26)31-14-5-6-15-32(31)45(39(40)49)24-27-11-10-12-29(23-27)46-33-16-7-9-18-35(33)50-34-17-8-4-13-30(34)38(46)48/h4-18,23,25-26,36-37,47H,19-22,24H2,1-3H3/t26-,36+,37-,40+/m0/s1. The van der Waals surface area contributed by atoms with Crippen LogP contribution >= 0.6 is 0 Å². The molecule has 12 heteroatoms. The number of carbonyl (C=O) groups is 2. The van der Waals surface area contributed by atoms with E-state index in [0.717, 1.165) is 16.8 Å². The van der Waals surface area contributed by atoms with Gasteiger partial charge in [-0.25, -0.2) is 0 Å². The number of halogens is 1. The van der Waals surface area contributed by atoms with Crippen LogP contribution < -0.4 is 14.5 Å². The maximum absolute atomic E-state index is 16.3. The van der Waals surface area contributed by atoms with Gasteiger partial charge < -0.3 is 23.6 Å². The van der Waals surface area contributed by atoms with Crippen LogP contribution in [-0.2, 0) is 34.6 Å². The summed E-state index contributed by atoms with van der Waals surface area (Å²) in [5.41, 5.74) is 2.84. The van der Waals surface area contributed by atoms with Gasteiger partial charge in [0.25, 0.3) is 11.8 Å². The summed E-state index contributed by atoms with van der Waals surface area (Å²) < 4.78 is 31.1. The van der Waals surface area contributed by atoms with E-state index < -0.39 is 31.6 Å². The lowest BCUT2D eigenvalue weighted by Crippen LogP contribution is -2.45. The molecule has 0 bridgehead atoms. The van der Waals surface area contributed by atoms with Crippen LogP contribution in [0.5, 0.6) is 11.5 Å². The average Bonchev–Trinajstić information content (AvgIpc) is 3.75. The first-order chi connectivity index (χ1) is 25.1. The van der Waals surface area contributed by atoms with E-state index in [4.69, 9.17) is 9.47 Å². The van der Waals surface area contributed by atoms with Gasteiger partial charge in [-0.15, -0.1) is 5.10 Å². The van der Waals surface area contributed by atoms with Gasteiger partial charge in [-0.2, -0.15) is 0 Å². The number of rotatable bonds is 9. The van der Waals surface area contributed by atoms with E-state index in [-0.39, 0.29) is 25.0 Å². The lowest BCUT2D eigenvalue weighted by atomic mass is 9.82. The van der Waals surface area contributed by atoms with Crippen molar-refractivity contribution in [1.82, 2.24) is 15.0 Å². The Labute approximate surface area is 302 Å². The number of amides is 2. The van der Waals surface area contributed by atoms with Crippen molar-refractivity contribution in [3.05, 3.63) is 126 Å². The Balaban J connectivity index is 1.12. The smallest absolute Gasteiger partial charge is 0.266 e. The second-order valence-corrected chi connectivity index (χ2v) is 18.1. The number of hydrogen-bond acceptors (Lipinski definition) is 7. The molecule has 3 aliphatic rings. The number of anilines is 3. The zero-order valence-corrected chi connectivity index (χ0v) is 30.3. The van der Waals surface area contributed by atoms with Crippen LogP contribution in [0, 0.1) is 5.92 Å². The molecular formula is C40H40FN5O5Si. The first-order valence-corrected chi connectivity index (χ1v) is 20.6. The molecule has 1 aromatic heterocycles. The average molecular weight is 718 g/mol. The fourth-order valence-electron chi connectivity index (χ4n) is 8.41. The van der Waals surface area contributed by atoms with Crippen LogP contribution in [0.1, 0.15) is 40.5 Å². The van der Waals surface area contributed by atoms with Crippen molar-refractivity contribution >= 4 is 37.3 Å². The van der Waals surface area contributed by atoms with Crippen molar-refractivity contribution in [3.8, 4) is 11.5 Å². The Bertz CT molecular complexity index is 2170. The highest BCUT2D eigenvalue weighted by Crippen LogP contribution is 2.60. The minimum atomic E-state index is -3.35. The Morgan fingerprint density at radius 1 is 0.923 bits per heavy atom. The van der Waals surface area contributed by atoms with Crippen molar-refractivity contribution in [2.45, 2.75) is 63.2 Å². The maximum Gasteiger partial charge on any atom is 0.266 e. The Morgan fingerprint density at radius 3 is 2.44 bits per heavy atom. The SMILES string of the molecule is C[C@H]1[C@H]([Si](C)(C)F)[C@@H](CCn2cc(CCO)nn2)O[C@]12C(=O)N(Cc1cccc(N3C(=O)c4ccccc4Oc4ccccc43)c1)c1ccccc12. The van der Waals surface area contributed by atoms with Gasteiger partial charge in [0.05, 0.1) is 35.3 Å². The van der Waals surface area contributed by atoms with Crippen LogP contribution in [0.3, 0.4) is 0 Å². The molecule has 0 saturated carbocycles. The molecule has 0 unspecified atom stereocenters. The van der Waals surface area contributed by atoms with Gasteiger partial charge in [0.15, 0.2) is 11.4 Å². The van der Waals surface area contributed by atoms with Crippen LogP contribution in [0.4, 0.5) is 21.2 Å². The molecule has 266 valence electrons. The molecular weight excluding hydrogens is 678 g/mol. The Hall–Kier alpha value is -5.17. The number of aryl methyl sites for hydroxylation is 1.